The highest BCUT2D eigenvalue weighted by Crippen LogP contribution is 2.26. The molecule has 134 valence electrons. The van der Waals surface area contributed by atoms with E-state index in [2.05, 4.69) is 15.6 Å². The monoisotopic (exact) mass is 343 g/mol. The third-order valence-corrected chi connectivity index (χ3v) is 4.03. The van der Waals surface area contributed by atoms with Gasteiger partial charge in [-0.2, -0.15) is 0 Å². The Morgan fingerprint density at radius 1 is 1.28 bits per heavy atom. The second kappa shape index (κ2) is 8.92. The molecule has 1 aromatic carbocycles. The summed E-state index contributed by atoms with van der Waals surface area (Å²) in [5, 5.41) is 5.67. The van der Waals surface area contributed by atoms with Crippen LogP contribution in [-0.2, 0) is 4.79 Å². The van der Waals surface area contributed by atoms with Crippen LogP contribution in [0.15, 0.2) is 36.7 Å². The molecule has 1 heterocycles. The first-order valence-corrected chi connectivity index (χ1v) is 8.44. The first kappa shape index (κ1) is 18.6. The number of ether oxygens (including phenoxy) is 1. The molecule has 0 fully saturated rings. The van der Waals surface area contributed by atoms with Gasteiger partial charge in [0, 0.05) is 37.0 Å². The van der Waals surface area contributed by atoms with Crippen molar-refractivity contribution in [3.63, 3.8) is 0 Å². The highest BCUT2D eigenvalue weighted by atomic mass is 16.5. The van der Waals surface area contributed by atoms with Crippen molar-refractivity contribution < 1.29 is 14.3 Å². The zero-order valence-electron chi connectivity index (χ0n) is 14.9. The Balaban J connectivity index is 1.97. The Labute approximate surface area is 148 Å². The second-order valence-corrected chi connectivity index (χ2v) is 5.90. The van der Waals surface area contributed by atoms with Crippen LogP contribution >= 0.6 is 0 Å². The summed E-state index contributed by atoms with van der Waals surface area (Å²) in [7, 11) is 1.61. The highest BCUT2D eigenvalue weighted by Gasteiger charge is 2.15. The second-order valence-electron chi connectivity index (χ2n) is 5.90. The molecule has 2 amide bonds. The van der Waals surface area contributed by atoms with E-state index in [1.165, 1.54) is 0 Å². The molecule has 2 aromatic rings. The molecule has 0 unspecified atom stereocenters. The number of carbonyl (C=O) groups excluding carboxylic acids is 2. The van der Waals surface area contributed by atoms with Crippen LogP contribution in [0.3, 0.4) is 0 Å². The Kier molecular flexibility index (Phi) is 6.62. The van der Waals surface area contributed by atoms with E-state index in [0.29, 0.717) is 12.1 Å². The van der Waals surface area contributed by atoms with Gasteiger partial charge in [-0.3, -0.25) is 9.59 Å². The molecule has 3 N–H and O–H groups in total. The van der Waals surface area contributed by atoms with Gasteiger partial charge in [-0.05, 0) is 31.0 Å². The SMILES string of the molecule is CC[C@@H](C)NC(=O)CCNC(=O)c1c[nH]cc1-c1cccc(OC)c1. The Morgan fingerprint density at radius 2 is 2.08 bits per heavy atom. The summed E-state index contributed by atoms with van der Waals surface area (Å²) < 4.78 is 5.23. The number of hydrogen-bond acceptors (Lipinski definition) is 3. The van der Waals surface area contributed by atoms with Gasteiger partial charge in [0.2, 0.25) is 5.91 Å². The van der Waals surface area contributed by atoms with Crippen molar-refractivity contribution in [1.82, 2.24) is 15.6 Å². The number of benzene rings is 1. The molecular formula is C19H25N3O3. The predicted molar refractivity (Wildman–Crippen MR) is 97.6 cm³/mol. The quantitative estimate of drug-likeness (QED) is 0.689. The smallest absolute Gasteiger partial charge is 0.253 e. The van der Waals surface area contributed by atoms with Crippen molar-refractivity contribution in [2.45, 2.75) is 32.7 Å². The van der Waals surface area contributed by atoms with Gasteiger partial charge in [-0.15, -0.1) is 0 Å². The summed E-state index contributed by atoms with van der Waals surface area (Å²) in [6.45, 7) is 4.26. The molecule has 0 aliphatic heterocycles. The summed E-state index contributed by atoms with van der Waals surface area (Å²) in [5.74, 6) is 0.457. The first-order chi connectivity index (χ1) is 12.0. The van der Waals surface area contributed by atoms with E-state index < -0.39 is 0 Å². The Morgan fingerprint density at radius 3 is 2.80 bits per heavy atom. The fourth-order valence-electron chi connectivity index (χ4n) is 2.41. The van der Waals surface area contributed by atoms with Crippen LogP contribution in [0, 0.1) is 0 Å². The third-order valence-electron chi connectivity index (χ3n) is 4.03. The number of rotatable bonds is 8. The summed E-state index contributed by atoms with van der Waals surface area (Å²) in [4.78, 5) is 27.1. The fraction of sp³-hybridized carbons (Fsp3) is 0.368. The summed E-state index contributed by atoms with van der Waals surface area (Å²) in [5.41, 5.74) is 2.22. The fourth-order valence-corrected chi connectivity index (χ4v) is 2.41. The molecule has 1 aromatic heterocycles. The van der Waals surface area contributed by atoms with Crippen molar-refractivity contribution in [2.75, 3.05) is 13.7 Å². The van der Waals surface area contributed by atoms with E-state index in [9.17, 15) is 9.59 Å². The summed E-state index contributed by atoms with van der Waals surface area (Å²) >= 11 is 0. The van der Waals surface area contributed by atoms with Crippen LogP contribution in [0.4, 0.5) is 0 Å². The number of carbonyl (C=O) groups is 2. The number of aromatic amines is 1. The summed E-state index contributed by atoms with van der Waals surface area (Å²) in [6, 6.07) is 7.67. The molecular weight excluding hydrogens is 318 g/mol. The molecule has 6 heteroatoms. The molecule has 0 spiro atoms. The Hall–Kier alpha value is -2.76. The molecule has 6 nitrogen and oxygen atoms in total. The standard InChI is InChI=1S/C19H25N3O3/c1-4-13(2)22-18(23)8-9-21-19(24)17-12-20-11-16(17)14-6-5-7-15(10-14)25-3/h5-7,10-13,20H,4,8-9H2,1-3H3,(H,21,24)(H,22,23)/t13-/m1/s1. The average molecular weight is 343 g/mol. The normalized spacial score (nSPS) is 11.6. The van der Waals surface area contributed by atoms with Crippen molar-refractivity contribution in [3.8, 4) is 16.9 Å². The molecule has 0 saturated heterocycles. The van der Waals surface area contributed by atoms with E-state index >= 15 is 0 Å². The van der Waals surface area contributed by atoms with Crippen LogP contribution in [0.25, 0.3) is 11.1 Å². The minimum atomic E-state index is -0.213. The lowest BCUT2D eigenvalue weighted by atomic mass is 10.0. The zero-order chi connectivity index (χ0) is 18.2. The molecule has 2 rings (SSSR count). The lowest BCUT2D eigenvalue weighted by Crippen LogP contribution is -2.35. The Bertz CT molecular complexity index is 724. The van der Waals surface area contributed by atoms with Crippen LogP contribution < -0.4 is 15.4 Å². The van der Waals surface area contributed by atoms with Crippen molar-refractivity contribution in [2.24, 2.45) is 0 Å². The topological polar surface area (TPSA) is 83.2 Å². The molecule has 0 aliphatic carbocycles. The highest BCUT2D eigenvalue weighted by molar-refractivity contribution is 6.01. The third kappa shape index (κ3) is 5.11. The number of hydrogen-bond donors (Lipinski definition) is 3. The maximum Gasteiger partial charge on any atom is 0.253 e. The zero-order valence-corrected chi connectivity index (χ0v) is 14.9. The van der Waals surface area contributed by atoms with Crippen LogP contribution in [0.1, 0.15) is 37.0 Å². The molecule has 0 aliphatic rings. The van der Waals surface area contributed by atoms with E-state index in [4.69, 9.17) is 4.74 Å². The number of nitrogens with one attached hydrogen (secondary N) is 3. The number of amides is 2. The molecule has 1 atom stereocenters. The van der Waals surface area contributed by atoms with Gasteiger partial charge in [0.1, 0.15) is 5.75 Å². The van der Waals surface area contributed by atoms with Crippen molar-refractivity contribution in [1.29, 1.82) is 0 Å². The first-order valence-electron chi connectivity index (χ1n) is 8.44. The number of H-pyrrole nitrogens is 1. The van der Waals surface area contributed by atoms with Gasteiger partial charge in [-0.1, -0.05) is 19.1 Å². The van der Waals surface area contributed by atoms with Crippen molar-refractivity contribution >= 4 is 11.8 Å². The van der Waals surface area contributed by atoms with Gasteiger partial charge >= 0.3 is 0 Å². The lowest BCUT2D eigenvalue weighted by molar-refractivity contribution is -0.121. The molecule has 0 radical (unpaired) electrons. The molecule has 25 heavy (non-hydrogen) atoms. The minimum Gasteiger partial charge on any atom is -0.497 e. The van der Waals surface area contributed by atoms with E-state index in [0.717, 1.165) is 23.3 Å². The van der Waals surface area contributed by atoms with Crippen LogP contribution in [0.5, 0.6) is 5.75 Å². The van der Waals surface area contributed by atoms with E-state index in [-0.39, 0.29) is 24.3 Å². The largest absolute Gasteiger partial charge is 0.497 e. The van der Waals surface area contributed by atoms with Crippen LogP contribution in [-0.4, -0.2) is 36.5 Å². The summed E-state index contributed by atoms with van der Waals surface area (Å²) in [6.07, 6.45) is 4.57. The number of aromatic nitrogens is 1. The lowest BCUT2D eigenvalue weighted by Gasteiger charge is -2.11. The number of methoxy groups -OCH3 is 1. The molecule has 0 bridgehead atoms. The minimum absolute atomic E-state index is 0.0586. The van der Waals surface area contributed by atoms with Crippen molar-refractivity contribution in [3.05, 3.63) is 42.2 Å². The van der Waals surface area contributed by atoms with Gasteiger partial charge < -0.3 is 20.4 Å². The maximum atomic E-state index is 12.4. The molecule has 0 saturated carbocycles. The predicted octanol–water partition coefficient (Wildman–Crippen LogP) is 2.72. The average Bonchev–Trinajstić information content (AvgIpc) is 3.11. The van der Waals surface area contributed by atoms with Gasteiger partial charge in [-0.25, -0.2) is 0 Å². The van der Waals surface area contributed by atoms with E-state index in [1.54, 1.807) is 19.5 Å². The van der Waals surface area contributed by atoms with Gasteiger partial charge in [0.25, 0.3) is 5.91 Å². The van der Waals surface area contributed by atoms with Crippen LogP contribution in [0.2, 0.25) is 0 Å². The van der Waals surface area contributed by atoms with Gasteiger partial charge in [0.15, 0.2) is 0 Å². The maximum absolute atomic E-state index is 12.4. The van der Waals surface area contributed by atoms with Gasteiger partial charge in [0.05, 0.1) is 12.7 Å². The van der Waals surface area contributed by atoms with E-state index in [1.807, 2.05) is 38.1 Å².